The van der Waals surface area contributed by atoms with E-state index in [0.717, 1.165) is 12.3 Å². The van der Waals surface area contributed by atoms with Crippen molar-refractivity contribution in [2.45, 2.75) is 6.18 Å². The highest BCUT2D eigenvalue weighted by atomic mass is 79.9. The molecule has 0 aliphatic rings. The van der Waals surface area contributed by atoms with Crippen LogP contribution in [0.5, 0.6) is 5.75 Å². The maximum absolute atomic E-state index is 13.1. The molecule has 2 aromatic rings. The summed E-state index contributed by atoms with van der Waals surface area (Å²) in [5, 5.41) is 5.72. The molecular formula is C12H10BrF3N4OS. The average molecular weight is 395 g/mol. The Hall–Kier alpha value is -1.81. The Bertz CT molecular complexity index is 702. The molecule has 1 aromatic carbocycles. The summed E-state index contributed by atoms with van der Waals surface area (Å²) in [5.41, 5.74) is 6.92. The zero-order valence-corrected chi connectivity index (χ0v) is 13.5. The van der Waals surface area contributed by atoms with E-state index in [1.54, 1.807) is 5.38 Å². The first-order valence-electron chi connectivity index (χ1n) is 5.76. The number of alkyl halides is 3. The zero-order chi connectivity index (χ0) is 16.3. The lowest BCUT2D eigenvalue weighted by molar-refractivity contribution is -0.137. The number of aromatic nitrogens is 1. The normalized spacial score (nSPS) is 11.9. The smallest absolute Gasteiger partial charge is 0.417 e. The summed E-state index contributed by atoms with van der Waals surface area (Å²) in [6.45, 7) is 0. The fourth-order valence-electron chi connectivity index (χ4n) is 1.65. The standard InChI is InChI=1S/C12H10BrF3N4OS/c1-21-10-6(4-18-20-11-19-9(17)5-22-11)7(12(14,15)16)2-3-8(10)13/h2-5H,17H2,1H3,(H,19,20). The molecule has 0 atom stereocenters. The lowest BCUT2D eigenvalue weighted by atomic mass is 10.1. The van der Waals surface area contributed by atoms with E-state index in [0.29, 0.717) is 15.4 Å². The van der Waals surface area contributed by atoms with Crippen molar-refractivity contribution in [3.05, 3.63) is 33.1 Å². The van der Waals surface area contributed by atoms with E-state index >= 15 is 0 Å². The van der Waals surface area contributed by atoms with Crippen molar-refractivity contribution >= 4 is 44.4 Å². The van der Waals surface area contributed by atoms with Gasteiger partial charge < -0.3 is 10.5 Å². The first kappa shape index (κ1) is 16.6. The molecule has 3 N–H and O–H groups in total. The van der Waals surface area contributed by atoms with Crippen molar-refractivity contribution in [2.75, 3.05) is 18.3 Å². The Morgan fingerprint density at radius 3 is 2.73 bits per heavy atom. The van der Waals surface area contributed by atoms with E-state index in [4.69, 9.17) is 10.5 Å². The largest absolute Gasteiger partial charge is 0.495 e. The number of nitrogens with one attached hydrogen (secondary N) is 1. The maximum Gasteiger partial charge on any atom is 0.417 e. The number of anilines is 2. The van der Waals surface area contributed by atoms with Crippen LogP contribution in [0.3, 0.4) is 0 Å². The molecule has 0 fully saturated rings. The molecule has 2 rings (SSSR count). The van der Waals surface area contributed by atoms with Gasteiger partial charge in [0.2, 0.25) is 5.13 Å². The fourth-order valence-corrected chi connectivity index (χ4v) is 2.70. The van der Waals surface area contributed by atoms with E-state index < -0.39 is 11.7 Å². The van der Waals surface area contributed by atoms with Gasteiger partial charge in [-0.25, -0.2) is 4.98 Å². The van der Waals surface area contributed by atoms with Crippen LogP contribution in [0.2, 0.25) is 0 Å². The number of hydrogen-bond donors (Lipinski definition) is 2. The Morgan fingerprint density at radius 2 is 2.18 bits per heavy atom. The summed E-state index contributed by atoms with van der Waals surface area (Å²) in [4.78, 5) is 3.88. The number of halogens is 4. The molecule has 0 aliphatic carbocycles. The second-order valence-corrected chi connectivity index (χ2v) is 5.70. The van der Waals surface area contributed by atoms with Gasteiger partial charge in [0.05, 0.1) is 23.4 Å². The number of hydrogen-bond acceptors (Lipinski definition) is 6. The summed E-state index contributed by atoms with van der Waals surface area (Å²) < 4.78 is 44.6. The number of nitrogens with two attached hydrogens (primary N) is 1. The van der Waals surface area contributed by atoms with Crippen LogP contribution in [0.25, 0.3) is 0 Å². The number of nitrogens with zero attached hydrogens (tertiary/aromatic N) is 2. The molecule has 10 heteroatoms. The highest BCUT2D eigenvalue weighted by molar-refractivity contribution is 9.10. The number of methoxy groups -OCH3 is 1. The minimum Gasteiger partial charge on any atom is -0.495 e. The molecule has 0 spiro atoms. The number of rotatable bonds is 4. The van der Waals surface area contributed by atoms with Gasteiger partial charge in [-0.1, -0.05) is 0 Å². The van der Waals surface area contributed by atoms with Crippen molar-refractivity contribution in [2.24, 2.45) is 5.10 Å². The molecule has 0 saturated carbocycles. The monoisotopic (exact) mass is 394 g/mol. The van der Waals surface area contributed by atoms with Gasteiger partial charge in [-0.2, -0.15) is 18.3 Å². The molecular weight excluding hydrogens is 385 g/mol. The van der Waals surface area contributed by atoms with Crippen molar-refractivity contribution in [1.82, 2.24) is 4.98 Å². The van der Waals surface area contributed by atoms with Gasteiger partial charge in [-0.3, -0.25) is 5.43 Å². The van der Waals surface area contributed by atoms with Crippen LogP contribution in [-0.4, -0.2) is 18.3 Å². The summed E-state index contributed by atoms with van der Waals surface area (Å²) in [7, 11) is 1.28. The molecule has 0 radical (unpaired) electrons. The average Bonchev–Trinajstić information content (AvgIpc) is 2.83. The van der Waals surface area contributed by atoms with Crippen LogP contribution in [0.15, 0.2) is 27.1 Å². The molecule has 0 saturated heterocycles. The Balaban J connectivity index is 2.37. The van der Waals surface area contributed by atoms with Crippen LogP contribution in [0.1, 0.15) is 11.1 Å². The summed E-state index contributed by atoms with van der Waals surface area (Å²) in [5.74, 6) is 0.345. The number of hydrazone groups is 1. The third-order valence-electron chi connectivity index (χ3n) is 2.53. The van der Waals surface area contributed by atoms with Gasteiger partial charge in [0.25, 0.3) is 0 Å². The number of nitrogen functional groups attached to an aromatic ring is 1. The van der Waals surface area contributed by atoms with Gasteiger partial charge in [0.1, 0.15) is 11.6 Å². The third-order valence-corrected chi connectivity index (χ3v) is 3.92. The van der Waals surface area contributed by atoms with E-state index in [2.05, 4.69) is 31.4 Å². The van der Waals surface area contributed by atoms with Gasteiger partial charge >= 0.3 is 6.18 Å². The van der Waals surface area contributed by atoms with Crippen LogP contribution >= 0.6 is 27.3 Å². The lowest BCUT2D eigenvalue weighted by Gasteiger charge is -2.14. The number of benzene rings is 1. The molecule has 118 valence electrons. The third kappa shape index (κ3) is 3.69. The van der Waals surface area contributed by atoms with Crippen LogP contribution in [-0.2, 0) is 6.18 Å². The van der Waals surface area contributed by atoms with Crippen molar-refractivity contribution in [1.29, 1.82) is 0 Å². The first-order chi connectivity index (χ1) is 10.3. The molecule has 0 aliphatic heterocycles. The van der Waals surface area contributed by atoms with Crippen molar-refractivity contribution in [3.63, 3.8) is 0 Å². The summed E-state index contributed by atoms with van der Waals surface area (Å²) in [6.07, 6.45) is -3.50. The van der Waals surface area contributed by atoms with Crippen LogP contribution in [0.4, 0.5) is 24.1 Å². The predicted octanol–water partition coefficient (Wildman–Crippen LogP) is 3.96. The summed E-state index contributed by atoms with van der Waals surface area (Å²) >= 11 is 4.33. The van der Waals surface area contributed by atoms with Gasteiger partial charge in [0, 0.05) is 10.9 Å². The van der Waals surface area contributed by atoms with E-state index in [9.17, 15) is 13.2 Å². The number of ether oxygens (including phenoxy) is 1. The van der Waals surface area contributed by atoms with Crippen molar-refractivity contribution < 1.29 is 17.9 Å². The highest BCUT2D eigenvalue weighted by Gasteiger charge is 2.34. The van der Waals surface area contributed by atoms with Gasteiger partial charge in [0.15, 0.2) is 0 Å². The Morgan fingerprint density at radius 1 is 1.45 bits per heavy atom. The molecule has 0 unspecified atom stereocenters. The van der Waals surface area contributed by atoms with E-state index in [1.165, 1.54) is 24.5 Å². The SMILES string of the molecule is COc1c(Br)ccc(C(F)(F)F)c1C=NNc1nc(N)cs1. The highest BCUT2D eigenvalue weighted by Crippen LogP contribution is 2.38. The Labute approximate surface area is 136 Å². The maximum atomic E-state index is 13.1. The van der Waals surface area contributed by atoms with E-state index in [-0.39, 0.29) is 11.3 Å². The molecule has 1 heterocycles. The van der Waals surface area contributed by atoms with Crippen molar-refractivity contribution in [3.8, 4) is 5.75 Å². The first-order valence-corrected chi connectivity index (χ1v) is 7.44. The minimum absolute atomic E-state index is 0.0408. The second kappa shape index (κ2) is 6.53. The fraction of sp³-hybridized carbons (Fsp3) is 0.167. The topological polar surface area (TPSA) is 72.5 Å². The quantitative estimate of drug-likeness (QED) is 0.607. The minimum atomic E-state index is -4.53. The molecule has 0 amide bonds. The predicted molar refractivity (Wildman–Crippen MR) is 83.4 cm³/mol. The van der Waals surface area contributed by atoms with Gasteiger partial charge in [-0.15, -0.1) is 11.3 Å². The molecule has 5 nitrogen and oxygen atoms in total. The van der Waals surface area contributed by atoms with Crippen LogP contribution in [0, 0.1) is 0 Å². The Kier molecular flexibility index (Phi) is 4.91. The second-order valence-electron chi connectivity index (χ2n) is 3.99. The lowest BCUT2D eigenvalue weighted by Crippen LogP contribution is -2.11. The molecule has 22 heavy (non-hydrogen) atoms. The molecule has 0 bridgehead atoms. The zero-order valence-electron chi connectivity index (χ0n) is 11.1. The van der Waals surface area contributed by atoms with Gasteiger partial charge in [-0.05, 0) is 28.1 Å². The van der Waals surface area contributed by atoms with Crippen LogP contribution < -0.4 is 15.9 Å². The number of thiazole rings is 1. The molecule has 1 aromatic heterocycles. The van der Waals surface area contributed by atoms with E-state index in [1.807, 2.05) is 0 Å². The summed E-state index contributed by atoms with van der Waals surface area (Å²) in [6, 6.07) is 2.23.